The first-order valence-corrected chi connectivity index (χ1v) is 7.53. The fourth-order valence-corrected chi connectivity index (χ4v) is 2.08. The molecule has 0 heterocycles. The molecule has 0 saturated heterocycles. The van der Waals surface area contributed by atoms with Crippen LogP contribution >= 0.6 is 0 Å². The van der Waals surface area contributed by atoms with Crippen molar-refractivity contribution >= 4 is 6.09 Å². The van der Waals surface area contributed by atoms with Crippen molar-refractivity contribution in [3.63, 3.8) is 0 Å². The van der Waals surface area contributed by atoms with Gasteiger partial charge >= 0.3 is 6.09 Å². The van der Waals surface area contributed by atoms with Crippen molar-refractivity contribution < 1.29 is 14.3 Å². The normalized spacial score (nSPS) is 16.8. The maximum atomic E-state index is 11.4. The van der Waals surface area contributed by atoms with E-state index in [2.05, 4.69) is 10.6 Å². The first-order chi connectivity index (χ1) is 9.37. The highest BCUT2D eigenvalue weighted by atomic mass is 16.6. The second kappa shape index (κ2) is 7.84. The highest BCUT2D eigenvalue weighted by molar-refractivity contribution is 5.67. The van der Waals surface area contributed by atoms with Crippen LogP contribution in [0.3, 0.4) is 0 Å². The number of carbonyl (C=O) groups is 1. The average Bonchev–Trinajstić information content (AvgIpc) is 3.09. The number of alkyl carbamates (subject to hydrolysis) is 1. The first-order valence-electron chi connectivity index (χ1n) is 7.53. The minimum atomic E-state index is -0.429. The van der Waals surface area contributed by atoms with Crippen LogP contribution in [0.15, 0.2) is 0 Å². The molecule has 0 aliphatic heterocycles. The Bertz CT molecular complexity index is 296. The van der Waals surface area contributed by atoms with Crippen LogP contribution in [0.5, 0.6) is 0 Å². The van der Waals surface area contributed by atoms with E-state index < -0.39 is 5.60 Å². The van der Waals surface area contributed by atoms with E-state index in [4.69, 9.17) is 9.47 Å². The largest absolute Gasteiger partial charge is 0.444 e. The van der Waals surface area contributed by atoms with E-state index in [0.717, 1.165) is 32.5 Å². The Kier molecular flexibility index (Phi) is 6.76. The summed E-state index contributed by atoms with van der Waals surface area (Å²) in [4.78, 5) is 11.4. The van der Waals surface area contributed by atoms with Gasteiger partial charge in [0.15, 0.2) is 0 Å². The maximum absolute atomic E-state index is 11.4. The number of nitrogens with one attached hydrogen (secondary N) is 2. The Morgan fingerprint density at radius 2 is 1.95 bits per heavy atom. The molecule has 1 aliphatic rings. The van der Waals surface area contributed by atoms with E-state index in [1.165, 1.54) is 12.8 Å². The summed E-state index contributed by atoms with van der Waals surface area (Å²) in [6, 6.07) is 0. The third-order valence-electron chi connectivity index (χ3n) is 3.49. The minimum Gasteiger partial charge on any atom is -0.444 e. The predicted octanol–water partition coefficient (Wildman–Crippen LogP) is 2.31. The topological polar surface area (TPSA) is 59.6 Å². The molecule has 20 heavy (non-hydrogen) atoms. The summed E-state index contributed by atoms with van der Waals surface area (Å²) in [6.45, 7) is 9.07. The number of hydrogen-bond acceptors (Lipinski definition) is 4. The van der Waals surface area contributed by atoms with Gasteiger partial charge in [-0.25, -0.2) is 4.79 Å². The van der Waals surface area contributed by atoms with Gasteiger partial charge in [-0.3, -0.25) is 0 Å². The number of amides is 1. The van der Waals surface area contributed by atoms with Crippen molar-refractivity contribution in [1.82, 2.24) is 10.6 Å². The highest BCUT2D eigenvalue weighted by Crippen LogP contribution is 2.48. The number of carbonyl (C=O) groups excluding carboxylic acids is 1. The van der Waals surface area contributed by atoms with Crippen molar-refractivity contribution in [3.8, 4) is 0 Å². The van der Waals surface area contributed by atoms with Crippen LogP contribution in [0.2, 0.25) is 0 Å². The van der Waals surface area contributed by atoms with Crippen LogP contribution in [0.4, 0.5) is 4.79 Å². The number of rotatable bonds is 9. The highest BCUT2D eigenvalue weighted by Gasteiger charge is 2.41. The fourth-order valence-electron chi connectivity index (χ4n) is 2.08. The summed E-state index contributed by atoms with van der Waals surface area (Å²) in [5.74, 6) is 0. The molecule has 0 unspecified atom stereocenters. The lowest BCUT2D eigenvalue weighted by atomic mass is 10.0. The SMILES string of the molecule is COCCC1(CNCCCNC(=O)OC(C)(C)C)CC1. The molecule has 1 saturated carbocycles. The van der Waals surface area contributed by atoms with Crippen molar-refractivity contribution in [1.29, 1.82) is 0 Å². The van der Waals surface area contributed by atoms with Crippen molar-refractivity contribution in [3.05, 3.63) is 0 Å². The molecule has 0 bridgehead atoms. The molecule has 1 aliphatic carbocycles. The van der Waals surface area contributed by atoms with Crippen molar-refractivity contribution in [2.75, 3.05) is 33.4 Å². The van der Waals surface area contributed by atoms with E-state index >= 15 is 0 Å². The molecular weight excluding hydrogens is 256 g/mol. The van der Waals surface area contributed by atoms with Crippen LogP contribution in [0.25, 0.3) is 0 Å². The van der Waals surface area contributed by atoms with Crippen molar-refractivity contribution in [2.45, 2.75) is 52.1 Å². The van der Waals surface area contributed by atoms with Gasteiger partial charge in [0.1, 0.15) is 5.60 Å². The molecule has 5 heteroatoms. The third-order valence-corrected chi connectivity index (χ3v) is 3.49. The van der Waals surface area contributed by atoms with Gasteiger partial charge in [-0.1, -0.05) is 0 Å². The molecule has 0 spiro atoms. The zero-order valence-electron chi connectivity index (χ0n) is 13.4. The summed E-state index contributed by atoms with van der Waals surface area (Å²) >= 11 is 0. The van der Waals surface area contributed by atoms with Crippen LogP contribution in [0.1, 0.15) is 46.5 Å². The zero-order valence-corrected chi connectivity index (χ0v) is 13.4. The van der Waals surface area contributed by atoms with Gasteiger partial charge in [0.05, 0.1) is 0 Å². The lowest BCUT2D eigenvalue weighted by Gasteiger charge is -2.19. The molecular formula is C15H30N2O3. The van der Waals surface area contributed by atoms with Crippen LogP contribution in [-0.2, 0) is 9.47 Å². The van der Waals surface area contributed by atoms with Crippen LogP contribution in [0, 0.1) is 5.41 Å². The fraction of sp³-hybridized carbons (Fsp3) is 0.933. The summed E-state index contributed by atoms with van der Waals surface area (Å²) in [5.41, 5.74) is 0.0522. The molecule has 0 radical (unpaired) electrons. The number of methoxy groups -OCH3 is 1. The van der Waals surface area contributed by atoms with E-state index in [1.54, 1.807) is 7.11 Å². The van der Waals surface area contributed by atoms with Crippen LogP contribution < -0.4 is 10.6 Å². The van der Waals surface area contributed by atoms with E-state index in [0.29, 0.717) is 12.0 Å². The predicted molar refractivity (Wildman–Crippen MR) is 79.9 cm³/mol. The molecule has 0 aromatic rings. The van der Waals surface area contributed by atoms with Gasteiger partial charge in [0.25, 0.3) is 0 Å². The standard InChI is InChI=1S/C15H30N2O3/c1-14(2,3)20-13(18)17-10-5-9-16-12-15(6-7-15)8-11-19-4/h16H,5-12H2,1-4H3,(H,17,18). The van der Waals surface area contributed by atoms with E-state index in [-0.39, 0.29) is 6.09 Å². The smallest absolute Gasteiger partial charge is 0.407 e. The summed E-state index contributed by atoms with van der Waals surface area (Å²) in [6.07, 6.45) is 4.34. The lowest BCUT2D eigenvalue weighted by Crippen LogP contribution is -2.34. The molecule has 1 amide bonds. The molecule has 118 valence electrons. The molecule has 2 N–H and O–H groups in total. The second-order valence-corrected chi connectivity index (χ2v) is 6.70. The van der Waals surface area contributed by atoms with Gasteiger partial charge in [-0.15, -0.1) is 0 Å². The van der Waals surface area contributed by atoms with E-state index in [9.17, 15) is 4.79 Å². The Balaban J connectivity index is 1.96. The first kappa shape index (κ1) is 17.2. The Morgan fingerprint density at radius 1 is 1.25 bits per heavy atom. The summed E-state index contributed by atoms with van der Waals surface area (Å²) < 4.78 is 10.3. The molecule has 5 nitrogen and oxygen atoms in total. The zero-order chi connectivity index (χ0) is 15.1. The quantitative estimate of drug-likeness (QED) is 0.639. The van der Waals surface area contributed by atoms with E-state index in [1.807, 2.05) is 20.8 Å². The van der Waals surface area contributed by atoms with Gasteiger partial charge < -0.3 is 20.1 Å². The Morgan fingerprint density at radius 3 is 2.50 bits per heavy atom. The second-order valence-electron chi connectivity index (χ2n) is 6.70. The molecule has 0 aromatic carbocycles. The lowest BCUT2D eigenvalue weighted by molar-refractivity contribution is 0.0527. The van der Waals surface area contributed by atoms with Gasteiger partial charge in [0.2, 0.25) is 0 Å². The third kappa shape index (κ3) is 7.70. The Hall–Kier alpha value is -0.810. The molecule has 0 aromatic heterocycles. The monoisotopic (exact) mass is 286 g/mol. The van der Waals surface area contributed by atoms with Crippen LogP contribution in [-0.4, -0.2) is 45.0 Å². The number of hydrogen-bond donors (Lipinski definition) is 2. The Labute approximate surface area is 122 Å². The molecule has 0 atom stereocenters. The van der Waals surface area contributed by atoms with Gasteiger partial charge in [-0.2, -0.15) is 0 Å². The summed E-state index contributed by atoms with van der Waals surface area (Å²) in [5, 5.41) is 6.24. The minimum absolute atomic E-state index is 0.337. The number of ether oxygens (including phenoxy) is 2. The molecule has 1 fully saturated rings. The van der Waals surface area contributed by atoms with Gasteiger partial charge in [0, 0.05) is 26.8 Å². The maximum Gasteiger partial charge on any atom is 0.407 e. The van der Waals surface area contributed by atoms with Gasteiger partial charge in [-0.05, 0) is 58.4 Å². The average molecular weight is 286 g/mol. The summed E-state index contributed by atoms with van der Waals surface area (Å²) in [7, 11) is 1.76. The van der Waals surface area contributed by atoms with Crippen molar-refractivity contribution in [2.24, 2.45) is 5.41 Å². The molecule has 1 rings (SSSR count).